The Kier molecular flexibility index (Phi) is 7.80. The van der Waals surface area contributed by atoms with Gasteiger partial charge in [0.05, 0.1) is 0 Å². The molecule has 1 fully saturated rings. The number of carbonyl (C=O) groups is 2. The van der Waals surface area contributed by atoms with Gasteiger partial charge in [-0.25, -0.2) is 9.97 Å². The van der Waals surface area contributed by atoms with Crippen LogP contribution in [-0.4, -0.2) is 72.0 Å². The summed E-state index contributed by atoms with van der Waals surface area (Å²) in [6, 6.07) is 8.75. The first kappa shape index (κ1) is 23.7. The fourth-order valence-corrected chi connectivity index (χ4v) is 3.58. The molecule has 1 aromatic carbocycles. The van der Waals surface area contributed by atoms with Gasteiger partial charge in [-0.15, -0.1) is 0 Å². The van der Waals surface area contributed by atoms with E-state index in [9.17, 15) is 9.59 Å². The van der Waals surface area contributed by atoms with Gasteiger partial charge in [0.15, 0.2) is 0 Å². The maximum atomic E-state index is 12.5. The Labute approximate surface area is 190 Å². The number of hydrogen-bond acceptors (Lipinski definition) is 6. The molecule has 2 heterocycles. The Morgan fingerprint density at radius 2 is 1.66 bits per heavy atom. The molecule has 1 atom stereocenters. The van der Waals surface area contributed by atoms with Gasteiger partial charge in [0.2, 0.25) is 11.9 Å². The number of aromatic nitrogens is 2. The Hall–Kier alpha value is -3.00. The minimum absolute atomic E-state index is 0.0319. The number of rotatable bonds is 7. The fourth-order valence-electron chi connectivity index (χ4n) is 3.58. The predicted molar refractivity (Wildman–Crippen MR) is 126 cm³/mol. The summed E-state index contributed by atoms with van der Waals surface area (Å²) >= 11 is 0. The fraction of sp³-hybridized carbons (Fsp3) is 0.500. The van der Waals surface area contributed by atoms with Crippen LogP contribution in [0.1, 0.15) is 43.6 Å². The molecular formula is C24H34N6O2. The second kappa shape index (κ2) is 10.5. The van der Waals surface area contributed by atoms with Crippen LogP contribution >= 0.6 is 0 Å². The molecule has 1 unspecified atom stereocenters. The van der Waals surface area contributed by atoms with E-state index in [0.717, 1.165) is 44.2 Å². The summed E-state index contributed by atoms with van der Waals surface area (Å²) in [7, 11) is 0. The van der Waals surface area contributed by atoms with Crippen LogP contribution in [0.15, 0.2) is 42.7 Å². The first-order valence-electron chi connectivity index (χ1n) is 11.2. The van der Waals surface area contributed by atoms with E-state index in [-0.39, 0.29) is 17.2 Å². The molecule has 32 heavy (non-hydrogen) atoms. The van der Waals surface area contributed by atoms with E-state index in [0.29, 0.717) is 12.1 Å². The average molecular weight is 439 g/mol. The van der Waals surface area contributed by atoms with Gasteiger partial charge in [-0.05, 0) is 36.1 Å². The molecule has 3 rings (SSSR count). The van der Waals surface area contributed by atoms with E-state index < -0.39 is 6.04 Å². The molecule has 1 aromatic heterocycles. The van der Waals surface area contributed by atoms with Crippen LogP contribution in [0.5, 0.6) is 0 Å². The van der Waals surface area contributed by atoms with Crippen molar-refractivity contribution >= 4 is 17.8 Å². The summed E-state index contributed by atoms with van der Waals surface area (Å²) in [6.45, 7) is 12.9. The number of anilines is 1. The van der Waals surface area contributed by atoms with Crippen LogP contribution in [0.3, 0.4) is 0 Å². The molecule has 2 N–H and O–H groups in total. The number of nitrogens with one attached hydrogen (secondary N) is 2. The largest absolute Gasteiger partial charge is 0.353 e. The van der Waals surface area contributed by atoms with E-state index >= 15 is 0 Å². The number of benzene rings is 1. The molecule has 172 valence electrons. The second-order valence-corrected chi connectivity index (χ2v) is 9.19. The van der Waals surface area contributed by atoms with Crippen molar-refractivity contribution in [1.82, 2.24) is 25.5 Å². The highest BCUT2D eigenvalue weighted by atomic mass is 16.2. The van der Waals surface area contributed by atoms with Crippen molar-refractivity contribution in [1.29, 1.82) is 0 Å². The predicted octanol–water partition coefficient (Wildman–Crippen LogP) is 1.83. The van der Waals surface area contributed by atoms with Gasteiger partial charge >= 0.3 is 0 Å². The zero-order valence-electron chi connectivity index (χ0n) is 19.5. The van der Waals surface area contributed by atoms with Crippen LogP contribution in [0.4, 0.5) is 5.95 Å². The highest BCUT2D eigenvalue weighted by Crippen LogP contribution is 2.22. The molecule has 1 aliphatic heterocycles. The Balaban J connectivity index is 1.37. The zero-order valence-corrected chi connectivity index (χ0v) is 19.5. The van der Waals surface area contributed by atoms with Gasteiger partial charge in [0.1, 0.15) is 6.04 Å². The van der Waals surface area contributed by atoms with Crippen LogP contribution in [0.25, 0.3) is 0 Å². The minimum Gasteiger partial charge on any atom is -0.353 e. The molecular weight excluding hydrogens is 404 g/mol. The summed E-state index contributed by atoms with van der Waals surface area (Å²) in [5.41, 5.74) is 1.75. The third kappa shape index (κ3) is 6.50. The number of hydrogen-bond donors (Lipinski definition) is 2. The summed E-state index contributed by atoms with van der Waals surface area (Å²) < 4.78 is 0. The van der Waals surface area contributed by atoms with Crippen molar-refractivity contribution < 1.29 is 9.59 Å². The standard InChI is InChI=1S/C24H34N6O2/c1-18(28-22(32)19-6-8-20(9-7-19)24(2,3)4)21(31)25-12-13-29-14-16-30(17-15-29)23-26-10-5-11-27-23/h5-11,18H,12-17H2,1-4H3,(H,25,31)(H,28,32). The minimum atomic E-state index is -0.600. The molecule has 0 spiro atoms. The molecule has 0 aliphatic carbocycles. The molecule has 0 bridgehead atoms. The van der Waals surface area contributed by atoms with E-state index in [1.807, 2.05) is 18.2 Å². The van der Waals surface area contributed by atoms with Gasteiger partial charge < -0.3 is 15.5 Å². The smallest absolute Gasteiger partial charge is 0.251 e. The van der Waals surface area contributed by atoms with Gasteiger partial charge in [-0.3, -0.25) is 14.5 Å². The summed E-state index contributed by atoms with van der Waals surface area (Å²) in [5.74, 6) is 0.339. The van der Waals surface area contributed by atoms with Gasteiger partial charge in [-0.2, -0.15) is 0 Å². The van der Waals surface area contributed by atoms with Gasteiger partial charge in [0, 0.05) is 57.2 Å². The van der Waals surface area contributed by atoms with Crippen LogP contribution in [0.2, 0.25) is 0 Å². The van der Waals surface area contributed by atoms with Crippen LogP contribution in [-0.2, 0) is 10.2 Å². The van der Waals surface area contributed by atoms with Crippen molar-refractivity contribution in [3.63, 3.8) is 0 Å². The molecule has 0 radical (unpaired) electrons. The lowest BCUT2D eigenvalue weighted by atomic mass is 9.86. The third-order valence-corrected chi connectivity index (χ3v) is 5.69. The third-order valence-electron chi connectivity index (χ3n) is 5.69. The van der Waals surface area contributed by atoms with Crippen molar-refractivity contribution in [2.45, 2.75) is 39.2 Å². The number of nitrogens with zero attached hydrogens (tertiary/aromatic N) is 4. The Morgan fingerprint density at radius 3 is 2.25 bits per heavy atom. The van der Waals surface area contributed by atoms with Crippen molar-refractivity contribution in [3.8, 4) is 0 Å². The maximum absolute atomic E-state index is 12.5. The van der Waals surface area contributed by atoms with Crippen molar-refractivity contribution in [2.24, 2.45) is 0 Å². The maximum Gasteiger partial charge on any atom is 0.251 e. The summed E-state index contributed by atoms with van der Waals surface area (Å²) in [5, 5.41) is 5.71. The van der Waals surface area contributed by atoms with Crippen molar-refractivity contribution in [3.05, 3.63) is 53.9 Å². The molecule has 8 nitrogen and oxygen atoms in total. The summed E-state index contributed by atoms with van der Waals surface area (Å²) in [6.07, 6.45) is 3.51. The molecule has 1 saturated heterocycles. The molecule has 2 amide bonds. The second-order valence-electron chi connectivity index (χ2n) is 9.19. The lowest BCUT2D eigenvalue weighted by Crippen LogP contribution is -2.50. The Bertz CT molecular complexity index is 887. The molecule has 8 heteroatoms. The lowest BCUT2D eigenvalue weighted by molar-refractivity contribution is -0.122. The number of carbonyl (C=O) groups excluding carboxylic acids is 2. The van der Waals surface area contributed by atoms with Crippen LogP contribution in [0, 0.1) is 0 Å². The SMILES string of the molecule is CC(NC(=O)c1ccc(C(C)(C)C)cc1)C(=O)NCCN1CCN(c2ncccn2)CC1. The number of amides is 2. The first-order chi connectivity index (χ1) is 15.2. The number of piperazine rings is 1. The topological polar surface area (TPSA) is 90.5 Å². The Morgan fingerprint density at radius 1 is 1.03 bits per heavy atom. The molecule has 2 aromatic rings. The normalized spacial score (nSPS) is 15.8. The highest BCUT2D eigenvalue weighted by molar-refractivity contribution is 5.97. The van der Waals surface area contributed by atoms with Crippen molar-refractivity contribution in [2.75, 3.05) is 44.2 Å². The monoisotopic (exact) mass is 438 g/mol. The van der Waals surface area contributed by atoms with E-state index in [4.69, 9.17) is 0 Å². The van der Waals surface area contributed by atoms with Gasteiger partial charge in [-0.1, -0.05) is 32.9 Å². The first-order valence-corrected chi connectivity index (χ1v) is 11.2. The lowest BCUT2D eigenvalue weighted by Gasteiger charge is -2.34. The summed E-state index contributed by atoms with van der Waals surface area (Å²) in [4.78, 5) is 37.9. The molecule has 0 saturated carbocycles. The quantitative estimate of drug-likeness (QED) is 0.686. The highest BCUT2D eigenvalue weighted by Gasteiger charge is 2.20. The molecule has 1 aliphatic rings. The van der Waals surface area contributed by atoms with Crippen LogP contribution < -0.4 is 15.5 Å². The van der Waals surface area contributed by atoms with E-state index in [1.54, 1.807) is 31.5 Å². The average Bonchev–Trinajstić information content (AvgIpc) is 2.79. The van der Waals surface area contributed by atoms with E-state index in [1.165, 1.54) is 0 Å². The van der Waals surface area contributed by atoms with Gasteiger partial charge in [0.25, 0.3) is 5.91 Å². The van der Waals surface area contributed by atoms with E-state index in [2.05, 4.69) is 51.2 Å². The zero-order chi connectivity index (χ0) is 23.1.